The summed E-state index contributed by atoms with van der Waals surface area (Å²) in [6.07, 6.45) is 10.0. The SMILES string of the molecule is O=C(C=Cc1ccc(S(=O)(=O)N2CCCCCC2)cc1)N1CCN(CC2CCCO2)CC1. The molecule has 0 aromatic heterocycles. The van der Waals surface area contributed by atoms with E-state index in [1.165, 1.54) is 0 Å². The molecule has 1 amide bonds. The number of carbonyl (C=O) groups excluding carboxylic acids is 1. The Balaban J connectivity index is 1.28. The van der Waals surface area contributed by atoms with Gasteiger partial charge in [0.05, 0.1) is 11.0 Å². The van der Waals surface area contributed by atoms with Gasteiger partial charge >= 0.3 is 0 Å². The zero-order valence-electron chi connectivity index (χ0n) is 18.8. The molecule has 3 fully saturated rings. The molecule has 0 aliphatic carbocycles. The van der Waals surface area contributed by atoms with Crippen molar-refractivity contribution in [3.8, 4) is 0 Å². The number of sulfonamides is 1. The normalized spacial score (nSPS) is 24.1. The molecule has 3 aliphatic rings. The van der Waals surface area contributed by atoms with Gasteiger partial charge in [0, 0.05) is 58.5 Å². The number of hydrogen-bond acceptors (Lipinski definition) is 5. The first-order valence-corrected chi connectivity index (χ1v) is 13.4. The van der Waals surface area contributed by atoms with E-state index in [-0.39, 0.29) is 5.91 Å². The number of amides is 1. The Kier molecular flexibility index (Phi) is 7.99. The van der Waals surface area contributed by atoms with Crippen molar-refractivity contribution in [2.45, 2.75) is 49.5 Å². The van der Waals surface area contributed by atoms with Crippen LogP contribution in [0.3, 0.4) is 0 Å². The minimum Gasteiger partial charge on any atom is -0.377 e. The summed E-state index contributed by atoms with van der Waals surface area (Å²) in [5, 5.41) is 0. The van der Waals surface area contributed by atoms with Crippen molar-refractivity contribution in [1.29, 1.82) is 0 Å². The molecule has 176 valence electrons. The van der Waals surface area contributed by atoms with Gasteiger partial charge in [-0.2, -0.15) is 4.31 Å². The molecule has 0 spiro atoms. The first kappa shape index (κ1) is 23.4. The van der Waals surface area contributed by atoms with Gasteiger partial charge in [0.25, 0.3) is 0 Å². The topological polar surface area (TPSA) is 70.2 Å². The molecule has 1 atom stereocenters. The fraction of sp³-hybridized carbons (Fsp3) is 0.625. The van der Waals surface area contributed by atoms with Gasteiger partial charge in [0.1, 0.15) is 0 Å². The van der Waals surface area contributed by atoms with Crippen LogP contribution in [0.2, 0.25) is 0 Å². The highest BCUT2D eigenvalue weighted by molar-refractivity contribution is 7.89. The predicted molar refractivity (Wildman–Crippen MR) is 125 cm³/mol. The Morgan fingerprint density at radius 3 is 2.25 bits per heavy atom. The summed E-state index contributed by atoms with van der Waals surface area (Å²) in [6, 6.07) is 6.84. The lowest BCUT2D eigenvalue weighted by atomic mass is 10.2. The summed E-state index contributed by atoms with van der Waals surface area (Å²) in [4.78, 5) is 17.2. The molecular weight excluding hydrogens is 426 g/mol. The molecule has 7 nitrogen and oxygen atoms in total. The van der Waals surface area contributed by atoms with Gasteiger partial charge in [0.2, 0.25) is 15.9 Å². The molecule has 3 saturated heterocycles. The van der Waals surface area contributed by atoms with Gasteiger partial charge in [-0.25, -0.2) is 8.42 Å². The molecular formula is C24H35N3O4S. The van der Waals surface area contributed by atoms with Gasteiger partial charge in [0.15, 0.2) is 0 Å². The number of nitrogens with zero attached hydrogens (tertiary/aromatic N) is 3. The molecule has 3 aliphatic heterocycles. The molecule has 32 heavy (non-hydrogen) atoms. The first-order chi connectivity index (χ1) is 15.5. The molecule has 0 saturated carbocycles. The van der Waals surface area contributed by atoms with Crippen molar-refractivity contribution in [2.24, 2.45) is 0 Å². The summed E-state index contributed by atoms with van der Waals surface area (Å²) in [6.45, 7) is 6.24. The van der Waals surface area contributed by atoms with E-state index < -0.39 is 10.0 Å². The number of ether oxygens (including phenoxy) is 1. The predicted octanol–water partition coefficient (Wildman–Crippen LogP) is 2.59. The van der Waals surface area contributed by atoms with Gasteiger partial charge in [-0.1, -0.05) is 25.0 Å². The molecule has 1 unspecified atom stereocenters. The molecule has 0 bridgehead atoms. The van der Waals surface area contributed by atoms with E-state index in [9.17, 15) is 13.2 Å². The number of hydrogen-bond donors (Lipinski definition) is 0. The third-order valence-corrected chi connectivity index (χ3v) is 8.58. The molecule has 0 radical (unpaired) electrons. The fourth-order valence-corrected chi connectivity index (χ4v) is 6.20. The number of carbonyl (C=O) groups is 1. The van der Waals surface area contributed by atoms with E-state index in [0.717, 1.165) is 83.4 Å². The molecule has 1 aromatic rings. The Morgan fingerprint density at radius 1 is 0.938 bits per heavy atom. The zero-order chi connectivity index (χ0) is 22.4. The second-order valence-corrected chi connectivity index (χ2v) is 10.9. The van der Waals surface area contributed by atoms with Crippen LogP contribution in [0.15, 0.2) is 35.2 Å². The largest absolute Gasteiger partial charge is 0.377 e. The van der Waals surface area contributed by atoms with Crippen LogP contribution in [-0.2, 0) is 19.6 Å². The van der Waals surface area contributed by atoms with E-state index >= 15 is 0 Å². The van der Waals surface area contributed by atoms with E-state index in [0.29, 0.717) is 24.1 Å². The summed E-state index contributed by atoms with van der Waals surface area (Å²) >= 11 is 0. The molecule has 8 heteroatoms. The van der Waals surface area contributed by atoms with E-state index in [1.54, 1.807) is 40.7 Å². The van der Waals surface area contributed by atoms with E-state index in [2.05, 4.69) is 4.90 Å². The average Bonchev–Trinajstić information content (AvgIpc) is 3.16. The highest BCUT2D eigenvalue weighted by atomic mass is 32.2. The molecule has 3 heterocycles. The Bertz CT molecular complexity index is 878. The fourth-order valence-electron chi connectivity index (χ4n) is 4.68. The molecule has 0 N–H and O–H groups in total. The van der Waals surface area contributed by atoms with Gasteiger partial charge < -0.3 is 9.64 Å². The maximum absolute atomic E-state index is 12.9. The van der Waals surface area contributed by atoms with Crippen molar-refractivity contribution in [2.75, 3.05) is 52.4 Å². The summed E-state index contributed by atoms with van der Waals surface area (Å²) < 4.78 is 33.1. The van der Waals surface area contributed by atoms with Crippen LogP contribution in [0.4, 0.5) is 0 Å². The molecule has 4 rings (SSSR count). The van der Waals surface area contributed by atoms with Crippen molar-refractivity contribution in [3.05, 3.63) is 35.9 Å². The van der Waals surface area contributed by atoms with Crippen molar-refractivity contribution in [1.82, 2.24) is 14.1 Å². The number of rotatable bonds is 6. The lowest BCUT2D eigenvalue weighted by Crippen LogP contribution is -2.50. The van der Waals surface area contributed by atoms with Crippen LogP contribution in [0.25, 0.3) is 6.08 Å². The maximum atomic E-state index is 12.9. The average molecular weight is 462 g/mol. The minimum absolute atomic E-state index is 0.00281. The summed E-state index contributed by atoms with van der Waals surface area (Å²) in [5.74, 6) is 0.00281. The monoisotopic (exact) mass is 461 g/mol. The van der Waals surface area contributed by atoms with E-state index in [4.69, 9.17) is 4.74 Å². The maximum Gasteiger partial charge on any atom is 0.246 e. The van der Waals surface area contributed by atoms with Crippen LogP contribution < -0.4 is 0 Å². The molecule has 1 aromatic carbocycles. The first-order valence-electron chi connectivity index (χ1n) is 11.9. The Morgan fingerprint density at radius 2 is 1.62 bits per heavy atom. The second-order valence-electron chi connectivity index (χ2n) is 8.98. The van der Waals surface area contributed by atoms with Crippen molar-refractivity contribution >= 4 is 22.0 Å². The number of benzene rings is 1. The number of piperazine rings is 1. The van der Waals surface area contributed by atoms with Crippen LogP contribution in [0, 0.1) is 0 Å². The third kappa shape index (κ3) is 5.98. The van der Waals surface area contributed by atoms with Crippen LogP contribution in [-0.4, -0.2) is 87.0 Å². The second kappa shape index (κ2) is 10.9. The highest BCUT2D eigenvalue weighted by Crippen LogP contribution is 2.21. The van der Waals surface area contributed by atoms with Crippen LogP contribution >= 0.6 is 0 Å². The summed E-state index contributed by atoms with van der Waals surface area (Å²) in [7, 11) is -3.44. The van der Waals surface area contributed by atoms with Crippen molar-refractivity contribution < 1.29 is 17.9 Å². The quantitative estimate of drug-likeness (QED) is 0.609. The van der Waals surface area contributed by atoms with Gasteiger partial charge in [-0.15, -0.1) is 0 Å². The van der Waals surface area contributed by atoms with Gasteiger partial charge in [-0.3, -0.25) is 9.69 Å². The minimum atomic E-state index is -3.44. The lowest BCUT2D eigenvalue weighted by Gasteiger charge is -2.35. The smallest absolute Gasteiger partial charge is 0.246 e. The lowest BCUT2D eigenvalue weighted by molar-refractivity contribution is -0.127. The zero-order valence-corrected chi connectivity index (χ0v) is 19.6. The van der Waals surface area contributed by atoms with E-state index in [1.807, 2.05) is 4.90 Å². The van der Waals surface area contributed by atoms with Crippen LogP contribution in [0.5, 0.6) is 0 Å². The Labute approximate surface area is 192 Å². The highest BCUT2D eigenvalue weighted by Gasteiger charge is 2.25. The van der Waals surface area contributed by atoms with Crippen LogP contribution in [0.1, 0.15) is 44.1 Å². The third-order valence-electron chi connectivity index (χ3n) is 6.67. The standard InChI is InChI=1S/C24H35N3O4S/c28-24(26-17-15-25(16-18-26)20-22-6-5-19-31-22)12-9-21-7-10-23(11-8-21)32(29,30)27-13-3-1-2-4-14-27/h7-12,22H,1-6,13-20H2. The van der Waals surface area contributed by atoms with Crippen molar-refractivity contribution in [3.63, 3.8) is 0 Å². The van der Waals surface area contributed by atoms with Gasteiger partial charge in [-0.05, 0) is 49.5 Å². The summed E-state index contributed by atoms with van der Waals surface area (Å²) in [5.41, 5.74) is 0.824. The Hall–Kier alpha value is -1.74.